The van der Waals surface area contributed by atoms with Crippen molar-refractivity contribution in [3.8, 4) is 5.75 Å². The van der Waals surface area contributed by atoms with E-state index in [0.717, 1.165) is 11.3 Å². The van der Waals surface area contributed by atoms with Crippen LogP contribution in [0.25, 0.3) is 0 Å². The Morgan fingerprint density at radius 2 is 2.00 bits per heavy atom. The summed E-state index contributed by atoms with van der Waals surface area (Å²) in [6.07, 6.45) is 0. The molecule has 8 heteroatoms. The lowest BCUT2D eigenvalue weighted by Crippen LogP contribution is -2.44. The molecule has 3 N–H and O–H groups in total. The summed E-state index contributed by atoms with van der Waals surface area (Å²) in [6.45, 7) is 0.435. The van der Waals surface area contributed by atoms with Crippen molar-refractivity contribution in [2.75, 3.05) is 19.0 Å². The molecule has 1 heterocycles. The lowest BCUT2D eigenvalue weighted by Gasteiger charge is -2.19. The predicted molar refractivity (Wildman–Crippen MR) is 104 cm³/mol. The summed E-state index contributed by atoms with van der Waals surface area (Å²) in [5, 5.41) is 8.13. The molecule has 3 rings (SSSR count). The lowest BCUT2D eigenvalue weighted by atomic mass is 9.94. The van der Waals surface area contributed by atoms with Gasteiger partial charge in [-0.05, 0) is 58.5 Å². The van der Waals surface area contributed by atoms with Gasteiger partial charge in [-0.2, -0.15) is 0 Å². The molecule has 2 aromatic rings. The topological polar surface area (TPSA) is 79.5 Å². The Hall–Kier alpha value is -2.36. The fourth-order valence-electron chi connectivity index (χ4n) is 2.84. The van der Waals surface area contributed by atoms with Crippen LogP contribution in [-0.4, -0.2) is 31.6 Å². The van der Waals surface area contributed by atoms with E-state index < -0.39 is 12.1 Å². The summed E-state index contributed by atoms with van der Waals surface area (Å²) in [7, 11) is 1.58. The van der Waals surface area contributed by atoms with Crippen LogP contribution in [0.2, 0.25) is 0 Å². The molecule has 1 aliphatic heterocycles. The van der Waals surface area contributed by atoms with Gasteiger partial charge in [0.1, 0.15) is 17.6 Å². The van der Waals surface area contributed by atoms with E-state index in [9.17, 15) is 14.0 Å². The molecule has 0 radical (unpaired) electrons. The van der Waals surface area contributed by atoms with Gasteiger partial charge < -0.3 is 20.7 Å². The first-order chi connectivity index (χ1) is 12.5. The molecule has 0 unspecified atom stereocenters. The van der Waals surface area contributed by atoms with E-state index in [0.29, 0.717) is 15.8 Å². The van der Waals surface area contributed by atoms with Crippen molar-refractivity contribution in [1.29, 1.82) is 0 Å². The van der Waals surface area contributed by atoms with Gasteiger partial charge in [0.25, 0.3) is 0 Å². The van der Waals surface area contributed by atoms with Crippen LogP contribution >= 0.6 is 22.6 Å². The van der Waals surface area contributed by atoms with Crippen LogP contribution in [0.5, 0.6) is 5.75 Å². The molecule has 0 aromatic heterocycles. The molecule has 1 aliphatic rings. The average Bonchev–Trinajstić information content (AvgIpc) is 2.98. The van der Waals surface area contributed by atoms with Crippen LogP contribution < -0.4 is 20.7 Å². The van der Waals surface area contributed by atoms with E-state index in [4.69, 9.17) is 4.74 Å². The minimum absolute atomic E-state index is 0.188. The van der Waals surface area contributed by atoms with Crippen LogP contribution in [0.1, 0.15) is 11.5 Å². The Kier molecular flexibility index (Phi) is 5.60. The predicted octanol–water partition coefficient (Wildman–Crippen LogP) is 2.84. The lowest BCUT2D eigenvalue weighted by molar-refractivity contribution is -0.120. The van der Waals surface area contributed by atoms with E-state index in [1.54, 1.807) is 7.11 Å². The number of hydrogen-bond acceptors (Lipinski definition) is 3. The molecule has 0 aliphatic carbocycles. The number of anilines is 1. The molecule has 2 atom stereocenters. The van der Waals surface area contributed by atoms with Gasteiger partial charge in [0.15, 0.2) is 0 Å². The van der Waals surface area contributed by atoms with Crippen LogP contribution in [0.3, 0.4) is 0 Å². The highest BCUT2D eigenvalue weighted by atomic mass is 127. The highest BCUT2D eigenvalue weighted by Gasteiger charge is 2.36. The van der Waals surface area contributed by atoms with Crippen LogP contribution in [0, 0.1) is 9.39 Å². The molecule has 6 nitrogen and oxygen atoms in total. The van der Waals surface area contributed by atoms with Gasteiger partial charge in [-0.1, -0.05) is 12.1 Å². The highest BCUT2D eigenvalue weighted by Crippen LogP contribution is 2.26. The standard InChI is InChI=1S/C18H17FIN3O3/c1-26-12-5-2-10(3-6-12)13-9-21-17(24)16(13)23-18(25)22-15-7-4-11(19)8-14(15)20/h2-8,13,16H,9H2,1H3,(H,21,24)(H2,22,23,25)/t13-,16-/m0/s1. The Bertz CT molecular complexity index is 829. The summed E-state index contributed by atoms with van der Waals surface area (Å²) in [4.78, 5) is 24.5. The first-order valence-electron chi connectivity index (χ1n) is 7.92. The normalized spacial score (nSPS) is 19.0. The number of carbonyl (C=O) groups excluding carboxylic acids is 2. The van der Waals surface area contributed by atoms with Crippen molar-refractivity contribution in [1.82, 2.24) is 10.6 Å². The van der Waals surface area contributed by atoms with Gasteiger partial charge >= 0.3 is 6.03 Å². The molecule has 2 aromatic carbocycles. The Labute approximate surface area is 163 Å². The van der Waals surface area contributed by atoms with Crippen molar-refractivity contribution >= 4 is 40.2 Å². The van der Waals surface area contributed by atoms with Gasteiger partial charge in [0, 0.05) is 16.0 Å². The first-order valence-corrected chi connectivity index (χ1v) is 9.00. The maximum Gasteiger partial charge on any atom is 0.319 e. The van der Waals surface area contributed by atoms with Crippen molar-refractivity contribution < 1.29 is 18.7 Å². The zero-order chi connectivity index (χ0) is 18.7. The smallest absolute Gasteiger partial charge is 0.319 e. The van der Waals surface area contributed by atoms with E-state index in [1.165, 1.54) is 18.2 Å². The van der Waals surface area contributed by atoms with Crippen molar-refractivity contribution in [3.63, 3.8) is 0 Å². The number of hydrogen-bond donors (Lipinski definition) is 3. The van der Waals surface area contributed by atoms with E-state index in [-0.39, 0.29) is 17.6 Å². The molecule has 136 valence electrons. The number of rotatable bonds is 4. The largest absolute Gasteiger partial charge is 0.497 e. The Morgan fingerprint density at radius 3 is 2.65 bits per heavy atom. The summed E-state index contributed by atoms with van der Waals surface area (Å²) in [5.74, 6) is -0.0875. The molecule has 1 saturated heterocycles. The number of nitrogens with one attached hydrogen (secondary N) is 3. The number of benzene rings is 2. The highest BCUT2D eigenvalue weighted by molar-refractivity contribution is 14.1. The van der Waals surface area contributed by atoms with E-state index in [1.807, 2.05) is 46.9 Å². The third-order valence-electron chi connectivity index (χ3n) is 4.19. The third-order valence-corrected chi connectivity index (χ3v) is 5.08. The third kappa shape index (κ3) is 4.06. The van der Waals surface area contributed by atoms with Gasteiger partial charge in [-0.3, -0.25) is 4.79 Å². The minimum Gasteiger partial charge on any atom is -0.497 e. The number of carbonyl (C=O) groups is 2. The second kappa shape index (κ2) is 7.90. The number of methoxy groups -OCH3 is 1. The molecule has 0 bridgehead atoms. The van der Waals surface area contributed by atoms with E-state index >= 15 is 0 Å². The van der Waals surface area contributed by atoms with Crippen LogP contribution in [0.15, 0.2) is 42.5 Å². The van der Waals surface area contributed by atoms with Crippen LogP contribution in [0.4, 0.5) is 14.9 Å². The summed E-state index contributed by atoms with van der Waals surface area (Å²) >= 11 is 1.93. The average molecular weight is 469 g/mol. The van der Waals surface area contributed by atoms with E-state index in [2.05, 4.69) is 16.0 Å². The summed E-state index contributed by atoms with van der Waals surface area (Å²) < 4.78 is 18.9. The first kappa shape index (κ1) is 18.4. The monoisotopic (exact) mass is 469 g/mol. The zero-order valence-electron chi connectivity index (χ0n) is 13.9. The summed E-state index contributed by atoms with van der Waals surface area (Å²) in [5.41, 5.74) is 1.40. The SMILES string of the molecule is COc1ccc([C@@H]2CNC(=O)[C@H]2NC(=O)Nc2ccc(F)cc2I)cc1. The molecule has 26 heavy (non-hydrogen) atoms. The Morgan fingerprint density at radius 1 is 1.27 bits per heavy atom. The summed E-state index contributed by atoms with van der Waals surface area (Å²) in [6, 6.07) is 10.2. The second-order valence-corrected chi connectivity index (χ2v) is 6.99. The maximum atomic E-state index is 13.2. The number of amides is 3. The molecule has 0 saturated carbocycles. The van der Waals surface area contributed by atoms with Gasteiger partial charge in [-0.15, -0.1) is 0 Å². The van der Waals surface area contributed by atoms with Crippen molar-refractivity contribution in [2.45, 2.75) is 12.0 Å². The quantitative estimate of drug-likeness (QED) is 0.603. The second-order valence-electron chi connectivity index (χ2n) is 5.83. The molecule has 0 spiro atoms. The van der Waals surface area contributed by atoms with Gasteiger partial charge in [0.05, 0.1) is 12.8 Å². The zero-order valence-corrected chi connectivity index (χ0v) is 16.0. The number of ether oxygens (including phenoxy) is 1. The van der Waals surface area contributed by atoms with Crippen molar-refractivity contribution in [2.24, 2.45) is 0 Å². The van der Waals surface area contributed by atoms with Crippen molar-refractivity contribution in [3.05, 3.63) is 57.4 Å². The molecular formula is C18H17FIN3O3. The van der Waals surface area contributed by atoms with Gasteiger partial charge in [-0.25, -0.2) is 9.18 Å². The van der Waals surface area contributed by atoms with Crippen LogP contribution in [-0.2, 0) is 4.79 Å². The fourth-order valence-corrected chi connectivity index (χ4v) is 3.45. The minimum atomic E-state index is -0.693. The number of halogens is 2. The molecular weight excluding hydrogens is 452 g/mol. The van der Waals surface area contributed by atoms with Gasteiger partial charge in [0.2, 0.25) is 5.91 Å². The Balaban J connectivity index is 1.71. The fraction of sp³-hybridized carbons (Fsp3) is 0.222. The maximum absolute atomic E-state index is 13.2. The number of urea groups is 1. The molecule has 3 amide bonds. The molecule has 1 fully saturated rings.